The van der Waals surface area contributed by atoms with Gasteiger partial charge in [0.25, 0.3) is 0 Å². The van der Waals surface area contributed by atoms with Gasteiger partial charge in [-0.25, -0.2) is 9.59 Å². The van der Waals surface area contributed by atoms with Crippen LogP contribution < -0.4 is 4.74 Å². The normalized spacial score (nSPS) is 10.2. The number of carboxylic acid groups (broad SMARTS) is 1. The maximum Gasteiger partial charge on any atom is 0.388 e. The number of ether oxygens (including phenoxy) is 1. The van der Waals surface area contributed by atoms with Crippen molar-refractivity contribution in [2.75, 3.05) is 0 Å². The molecular formula is C10H6N2O8. The van der Waals surface area contributed by atoms with Gasteiger partial charge in [0.2, 0.25) is 5.75 Å². The lowest BCUT2D eigenvalue weighted by Gasteiger charge is -2.02. The number of carbonyl (C=O) groups is 2. The summed E-state index contributed by atoms with van der Waals surface area (Å²) in [7, 11) is 0. The summed E-state index contributed by atoms with van der Waals surface area (Å²) in [6.45, 7) is 0. The van der Waals surface area contributed by atoms with Crippen LogP contribution in [0.4, 0.5) is 11.4 Å². The number of hydrogen-bond donors (Lipinski definition) is 1. The topological polar surface area (TPSA) is 150 Å². The van der Waals surface area contributed by atoms with Gasteiger partial charge in [-0.05, 0) is 6.07 Å². The molecule has 0 radical (unpaired) electrons. The number of benzene rings is 1. The summed E-state index contributed by atoms with van der Waals surface area (Å²) in [6.07, 6.45) is 0.983. The molecule has 0 aliphatic heterocycles. The van der Waals surface area contributed by atoms with Gasteiger partial charge in [0, 0.05) is 18.2 Å². The summed E-state index contributed by atoms with van der Waals surface area (Å²) in [5.74, 6) is -3.28. The third-order valence-electron chi connectivity index (χ3n) is 1.93. The van der Waals surface area contributed by atoms with E-state index in [0.29, 0.717) is 12.2 Å². The molecule has 104 valence electrons. The van der Waals surface area contributed by atoms with Crippen molar-refractivity contribution >= 4 is 23.3 Å². The Morgan fingerprint density at radius 1 is 1.15 bits per heavy atom. The van der Waals surface area contributed by atoms with Gasteiger partial charge < -0.3 is 9.84 Å². The number of esters is 1. The van der Waals surface area contributed by atoms with Crippen LogP contribution in [0.1, 0.15) is 0 Å². The first-order chi connectivity index (χ1) is 9.32. The molecule has 0 bridgehead atoms. The van der Waals surface area contributed by atoms with E-state index in [2.05, 4.69) is 4.74 Å². The summed E-state index contributed by atoms with van der Waals surface area (Å²) in [4.78, 5) is 40.8. The van der Waals surface area contributed by atoms with Gasteiger partial charge in [-0.1, -0.05) is 6.07 Å². The molecule has 0 fully saturated rings. The molecule has 0 unspecified atom stereocenters. The van der Waals surface area contributed by atoms with Gasteiger partial charge >= 0.3 is 23.3 Å². The lowest BCUT2D eigenvalue weighted by Crippen LogP contribution is -2.08. The molecule has 0 aromatic heterocycles. The maximum atomic E-state index is 11.2. The van der Waals surface area contributed by atoms with E-state index in [1.165, 1.54) is 0 Å². The zero-order valence-corrected chi connectivity index (χ0v) is 9.59. The first-order valence-electron chi connectivity index (χ1n) is 4.87. The molecular weight excluding hydrogens is 276 g/mol. The van der Waals surface area contributed by atoms with Crippen LogP contribution in [0.3, 0.4) is 0 Å². The average molecular weight is 282 g/mol. The van der Waals surface area contributed by atoms with Crippen molar-refractivity contribution in [3.8, 4) is 5.75 Å². The van der Waals surface area contributed by atoms with Crippen LogP contribution in [0.25, 0.3) is 0 Å². The minimum atomic E-state index is -1.42. The Kier molecular flexibility index (Phi) is 4.46. The van der Waals surface area contributed by atoms with Gasteiger partial charge in [0.1, 0.15) is 0 Å². The second-order valence-electron chi connectivity index (χ2n) is 3.23. The Hall–Kier alpha value is -3.30. The van der Waals surface area contributed by atoms with Crippen LogP contribution in [-0.4, -0.2) is 26.9 Å². The van der Waals surface area contributed by atoms with Crippen LogP contribution >= 0.6 is 0 Å². The first-order valence-corrected chi connectivity index (χ1v) is 4.87. The fourth-order valence-electron chi connectivity index (χ4n) is 1.21. The molecule has 0 saturated heterocycles. The fourth-order valence-corrected chi connectivity index (χ4v) is 1.21. The van der Waals surface area contributed by atoms with E-state index < -0.39 is 38.9 Å². The third-order valence-corrected chi connectivity index (χ3v) is 1.93. The van der Waals surface area contributed by atoms with E-state index in [-0.39, 0.29) is 0 Å². The van der Waals surface area contributed by atoms with E-state index >= 15 is 0 Å². The fraction of sp³-hybridized carbons (Fsp3) is 0. The van der Waals surface area contributed by atoms with Gasteiger partial charge in [-0.15, -0.1) is 0 Å². The van der Waals surface area contributed by atoms with E-state index in [4.69, 9.17) is 5.11 Å². The molecule has 20 heavy (non-hydrogen) atoms. The van der Waals surface area contributed by atoms with Crippen molar-refractivity contribution in [3.05, 3.63) is 50.6 Å². The first kappa shape index (κ1) is 14.8. The van der Waals surface area contributed by atoms with Crippen LogP contribution in [0, 0.1) is 20.2 Å². The van der Waals surface area contributed by atoms with Crippen molar-refractivity contribution in [1.29, 1.82) is 0 Å². The number of carbonyl (C=O) groups excluding carboxylic acids is 1. The molecule has 0 aliphatic rings. The highest BCUT2D eigenvalue weighted by molar-refractivity contribution is 5.92. The SMILES string of the molecule is O=C(O)/C=C\C(=O)Oc1cccc([N+](=O)[O-])c1[N+](=O)[O-]. The number of nitrogens with zero attached hydrogens (tertiary/aromatic N) is 2. The van der Waals surface area contributed by atoms with Crippen LogP contribution in [-0.2, 0) is 9.59 Å². The lowest BCUT2D eigenvalue weighted by atomic mass is 10.2. The van der Waals surface area contributed by atoms with Gasteiger partial charge in [0.15, 0.2) is 0 Å². The highest BCUT2D eigenvalue weighted by Crippen LogP contribution is 2.36. The molecule has 1 N–H and O–H groups in total. The Morgan fingerprint density at radius 3 is 2.30 bits per heavy atom. The number of para-hydroxylation sites is 1. The summed E-state index contributed by atoms with van der Waals surface area (Å²) in [6, 6.07) is 2.95. The zero-order valence-electron chi connectivity index (χ0n) is 9.59. The quantitative estimate of drug-likeness (QED) is 0.276. The number of nitro benzene ring substituents is 2. The zero-order chi connectivity index (χ0) is 15.3. The summed E-state index contributed by atoms with van der Waals surface area (Å²) in [5.41, 5.74) is -1.84. The molecule has 0 saturated carbocycles. The van der Waals surface area contributed by atoms with Gasteiger partial charge in [-0.2, -0.15) is 0 Å². The second-order valence-corrected chi connectivity index (χ2v) is 3.23. The van der Waals surface area contributed by atoms with Crippen molar-refractivity contribution in [3.63, 3.8) is 0 Å². The number of nitro groups is 2. The van der Waals surface area contributed by atoms with E-state index in [1.54, 1.807) is 0 Å². The lowest BCUT2D eigenvalue weighted by molar-refractivity contribution is -0.423. The van der Waals surface area contributed by atoms with Crippen LogP contribution in [0.2, 0.25) is 0 Å². The minimum absolute atomic E-state index is 0.464. The Labute approximate surface area is 110 Å². The van der Waals surface area contributed by atoms with Gasteiger partial charge in [-0.3, -0.25) is 20.2 Å². The van der Waals surface area contributed by atoms with Crippen molar-refractivity contribution in [1.82, 2.24) is 0 Å². The molecule has 1 aromatic carbocycles. The molecule has 0 spiro atoms. The van der Waals surface area contributed by atoms with Crippen LogP contribution in [0.5, 0.6) is 5.75 Å². The Morgan fingerprint density at radius 2 is 1.80 bits per heavy atom. The summed E-state index contributed by atoms with van der Waals surface area (Å²) in [5, 5.41) is 29.7. The standard InChI is InChI=1S/C10H6N2O8/c13-8(14)4-5-9(15)20-7-3-1-2-6(11(16)17)10(7)12(18)19/h1-5H,(H,13,14)/b5-4-. The highest BCUT2D eigenvalue weighted by atomic mass is 16.6. The number of carboxylic acids is 1. The molecule has 0 aliphatic carbocycles. The minimum Gasteiger partial charge on any atom is -0.478 e. The van der Waals surface area contributed by atoms with Crippen molar-refractivity contribution in [2.24, 2.45) is 0 Å². The van der Waals surface area contributed by atoms with Crippen LogP contribution in [0.15, 0.2) is 30.4 Å². The van der Waals surface area contributed by atoms with E-state index in [9.17, 15) is 29.8 Å². The molecule has 0 amide bonds. The maximum absolute atomic E-state index is 11.2. The predicted octanol–water partition coefficient (Wildman–Crippen LogP) is 1.05. The average Bonchev–Trinajstić information content (AvgIpc) is 2.35. The molecule has 0 atom stereocenters. The number of aliphatic carboxylic acids is 1. The predicted molar refractivity (Wildman–Crippen MR) is 62.2 cm³/mol. The Balaban J connectivity index is 3.16. The Bertz CT molecular complexity index is 622. The number of rotatable bonds is 5. The van der Waals surface area contributed by atoms with Crippen molar-refractivity contribution in [2.45, 2.75) is 0 Å². The van der Waals surface area contributed by atoms with E-state index in [1.807, 2.05) is 0 Å². The molecule has 10 heteroatoms. The smallest absolute Gasteiger partial charge is 0.388 e. The monoisotopic (exact) mass is 282 g/mol. The van der Waals surface area contributed by atoms with Gasteiger partial charge in [0.05, 0.1) is 9.85 Å². The summed E-state index contributed by atoms with van der Waals surface area (Å²) >= 11 is 0. The molecule has 10 nitrogen and oxygen atoms in total. The largest absolute Gasteiger partial charge is 0.478 e. The molecule has 0 heterocycles. The number of hydrogen-bond acceptors (Lipinski definition) is 7. The highest BCUT2D eigenvalue weighted by Gasteiger charge is 2.30. The van der Waals surface area contributed by atoms with Crippen molar-refractivity contribution < 1.29 is 29.3 Å². The third kappa shape index (κ3) is 3.60. The molecule has 1 rings (SSSR count). The second kappa shape index (κ2) is 6.04. The molecule has 1 aromatic rings. The summed E-state index contributed by atoms with van der Waals surface area (Å²) < 4.78 is 4.51. The van der Waals surface area contributed by atoms with E-state index in [0.717, 1.165) is 18.2 Å².